The molecule has 1 N–H and O–H groups in total. The van der Waals surface area contributed by atoms with Crippen molar-refractivity contribution in [2.75, 3.05) is 6.61 Å². The Morgan fingerprint density at radius 2 is 2.03 bits per heavy atom. The molecule has 0 radical (unpaired) electrons. The standard InChI is InChI=1S/C20H13F3N2O4S/c1-2-28-15-4-3-10(6-14(15)20(21,22)23)13-9-24-8-11-5-12(29-17(11)13)7-16-18(26)25-19(27)30-16/h3-9H,2H2,1H3,(H,25,26,27)/b16-7+. The van der Waals surface area contributed by atoms with Crippen LogP contribution in [-0.2, 0) is 11.0 Å². The van der Waals surface area contributed by atoms with Crippen molar-refractivity contribution in [3.05, 3.63) is 52.9 Å². The van der Waals surface area contributed by atoms with Crippen molar-refractivity contribution in [2.24, 2.45) is 0 Å². The number of carbonyl (C=O) groups is 2. The second-order valence-corrected chi connectivity index (χ2v) is 7.26. The Kier molecular flexibility index (Phi) is 5.02. The third-order valence-electron chi connectivity index (χ3n) is 4.25. The fourth-order valence-electron chi connectivity index (χ4n) is 3.01. The van der Waals surface area contributed by atoms with Gasteiger partial charge in [0.1, 0.15) is 17.1 Å². The minimum absolute atomic E-state index is 0.101. The molecule has 1 aromatic carbocycles. The van der Waals surface area contributed by atoms with Gasteiger partial charge < -0.3 is 9.15 Å². The molecule has 2 amide bonds. The van der Waals surface area contributed by atoms with Gasteiger partial charge in [-0.15, -0.1) is 0 Å². The summed E-state index contributed by atoms with van der Waals surface area (Å²) < 4.78 is 51.3. The van der Waals surface area contributed by atoms with Crippen molar-refractivity contribution >= 4 is 40.0 Å². The van der Waals surface area contributed by atoms with Gasteiger partial charge in [-0.2, -0.15) is 13.2 Å². The lowest BCUT2D eigenvalue weighted by molar-refractivity contribution is -0.138. The quantitative estimate of drug-likeness (QED) is 0.566. The lowest BCUT2D eigenvalue weighted by atomic mass is 10.0. The Labute approximate surface area is 172 Å². The number of ether oxygens (including phenoxy) is 1. The van der Waals surface area contributed by atoms with Crippen molar-refractivity contribution < 1.29 is 31.9 Å². The van der Waals surface area contributed by atoms with E-state index in [1.807, 2.05) is 0 Å². The van der Waals surface area contributed by atoms with Crippen molar-refractivity contribution in [1.29, 1.82) is 0 Å². The van der Waals surface area contributed by atoms with Crippen LogP contribution in [0.1, 0.15) is 18.2 Å². The number of halogens is 3. The number of pyridine rings is 1. The van der Waals surface area contributed by atoms with Crippen molar-refractivity contribution in [2.45, 2.75) is 13.1 Å². The molecule has 0 atom stereocenters. The van der Waals surface area contributed by atoms with E-state index >= 15 is 0 Å². The zero-order valence-electron chi connectivity index (χ0n) is 15.4. The largest absolute Gasteiger partial charge is 0.493 e. The third kappa shape index (κ3) is 3.78. The van der Waals surface area contributed by atoms with Gasteiger partial charge in [-0.25, -0.2) is 0 Å². The lowest BCUT2D eigenvalue weighted by Crippen LogP contribution is -2.17. The summed E-state index contributed by atoms with van der Waals surface area (Å²) in [4.78, 5) is 27.3. The highest BCUT2D eigenvalue weighted by atomic mass is 32.2. The molecule has 4 rings (SSSR count). The fourth-order valence-corrected chi connectivity index (χ4v) is 3.67. The molecule has 1 fully saturated rings. The number of imide groups is 1. The normalized spacial score (nSPS) is 15.8. The van der Waals surface area contributed by atoms with Crippen LogP contribution in [-0.4, -0.2) is 22.7 Å². The highest BCUT2D eigenvalue weighted by Crippen LogP contribution is 2.40. The molecule has 3 aromatic rings. The molecular formula is C20H13F3N2O4S. The molecule has 3 heterocycles. The van der Waals surface area contributed by atoms with E-state index in [9.17, 15) is 22.8 Å². The molecule has 0 bridgehead atoms. The van der Waals surface area contributed by atoms with Crippen LogP contribution in [0.3, 0.4) is 0 Å². The van der Waals surface area contributed by atoms with E-state index in [2.05, 4.69) is 10.3 Å². The highest BCUT2D eigenvalue weighted by molar-refractivity contribution is 8.18. The summed E-state index contributed by atoms with van der Waals surface area (Å²) in [6.45, 7) is 1.71. The monoisotopic (exact) mass is 434 g/mol. The third-order valence-corrected chi connectivity index (χ3v) is 5.06. The lowest BCUT2D eigenvalue weighted by Gasteiger charge is -2.14. The van der Waals surface area contributed by atoms with Gasteiger partial charge in [-0.1, -0.05) is 6.07 Å². The Hall–Kier alpha value is -3.27. The maximum atomic E-state index is 13.5. The van der Waals surface area contributed by atoms with Gasteiger partial charge >= 0.3 is 6.18 Å². The maximum Gasteiger partial charge on any atom is 0.419 e. The number of nitrogens with one attached hydrogen (secondary N) is 1. The number of amides is 2. The Morgan fingerprint density at radius 3 is 2.70 bits per heavy atom. The molecule has 0 aliphatic carbocycles. The van der Waals surface area contributed by atoms with Gasteiger partial charge in [0.15, 0.2) is 0 Å². The number of benzene rings is 1. The number of hydrogen-bond donors (Lipinski definition) is 1. The number of furan rings is 1. The summed E-state index contributed by atoms with van der Waals surface area (Å²) in [5.41, 5.74) is 0.0139. The number of aromatic nitrogens is 1. The van der Waals surface area contributed by atoms with Gasteiger partial charge in [0.25, 0.3) is 11.1 Å². The molecular weight excluding hydrogens is 421 g/mol. The molecule has 2 aromatic heterocycles. The highest BCUT2D eigenvalue weighted by Gasteiger charge is 2.35. The predicted molar refractivity (Wildman–Crippen MR) is 105 cm³/mol. The number of hydrogen-bond acceptors (Lipinski definition) is 6. The van der Waals surface area contributed by atoms with Crippen molar-refractivity contribution in [3.8, 4) is 16.9 Å². The fraction of sp³-hybridized carbons (Fsp3) is 0.150. The summed E-state index contributed by atoms with van der Waals surface area (Å²) in [5.74, 6) is -0.522. The molecule has 1 saturated heterocycles. The Bertz CT molecular complexity index is 1200. The van der Waals surface area contributed by atoms with Gasteiger partial charge in [0.05, 0.1) is 17.1 Å². The molecule has 0 saturated carbocycles. The van der Waals surface area contributed by atoms with Crippen LogP contribution in [0.5, 0.6) is 5.75 Å². The first kappa shape index (κ1) is 20.0. The maximum absolute atomic E-state index is 13.5. The molecule has 0 unspecified atom stereocenters. The summed E-state index contributed by atoms with van der Waals surface area (Å²) in [6, 6.07) is 5.34. The minimum Gasteiger partial charge on any atom is -0.493 e. The first-order chi connectivity index (χ1) is 14.3. The summed E-state index contributed by atoms with van der Waals surface area (Å²) in [7, 11) is 0. The molecule has 30 heavy (non-hydrogen) atoms. The summed E-state index contributed by atoms with van der Waals surface area (Å²) in [6.07, 6.45) is -0.302. The second-order valence-electron chi connectivity index (χ2n) is 6.25. The number of carbonyl (C=O) groups excluding carboxylic acids is 2. The average Bonchev–Trinajstić information content (AvgIpc) is 3.23. The van der Waals surface area contributed by atoms with Crippen molar-refractivity contribution in [3.63, 3.8) is 0 Å². The minimum atomic E-state index is -4.60. The van der Waals surface area contributed by atoms with E-state index in [1.165, 1.54) is 30.6 Å². The average molecular weight is 434 g/mol. The molecule has 0 spiro atoms. The van der Waals surface area contributed by atoms with E-state index in [0.29, 0.717) is 16.5 Å². The topological polar surface area (TPSA) is 81.4 Å². The predicted octanol–water partition coefficient (Wildman–Crippen LogP) is 5.24. The number of rotatable bonds is 4. The van der Waals surface area contributed by atoms with Crippen molar-refractivity contribution in [1.82, 2.24) is 10.3 Å². The van der Waals surface area contributed by atoms with Gasteiger partial charge in [0.2, 0.25) is 0 Å². The van der Waals surface area contributed by atoms with Gasteiger partial charge in [-0.3, -0.25) is 19.9 Å². The van der Waals surface area contributed by atoms with Crippen LogP contribution < -0.4 is 10.1 Å². The smallest absolute Gasteiger partial charge is 0.419 e. The van der Waals surface area contributed by atoms with Gasteiger partial charge in [-0.05, 0) is 42.4 Å². The van der Waals surface area contributed by atoms with E-state index in [-0.39, 0.29) is 28.6 Å². The Balaban J connectivity index is 1.80. The van der Waals surface area contributed by atoms with Crippen LogP contribution >= 0.6 is 11.8 Å². The number of alkyl halides is 3. The van der Waals surface area contributed by atoms with Crippen LogP contribution in [0.4, 0.5) is 18.0 Å². The number of fused-ring (bicyclic) bond motifs is 1. The first-order valence-electron chi connectivity index (χ1n) is 8.73. The molecule has 6 nitrogen and oxygen atoms in total. The van der Waals surface area contributed by atoms with Gasteiger partial charge in [0, 0.05) is 29.4 Å². The van der Waals surface area contributed by atoms with E-state index in [1.54, 1.807) is 13.0 Å². The van der Waals surface area contributed by atoms with Crippen LogP contribution in [0, 0.1) is 0 Å². The molecule has 10 heteroatoms. The van der Waals surface area contributed by atoms with Crippen LogP contribution in [0.15, 0.2) is 46.0 Å². The molecule has 1 aliphatic rings. The SMILES string of the molecule is CCOc1ccc(-c2cncc3cc(/C=C4/SC(=O)NC4=O)oc23)cc1C(F)(F)F. The summed E-state index contributed by atoms with van der Waals surface area (Å²) >= 11 is 0.737. The van der Waals surface area contributed by atoms with E-state index in [4.69, 9.17) is 9.15 Å². The zero-order chi connectivity index (χ0) is 21.5. The zero-order valence-corrected chi connectivity index (χ0v) is 16.2. The van der Waals surface area contributed by atoms with Crippen LogP contribution in [0.25, 0.3) is 28.2 Å². The van der Waals surface area contributed by atoms with Crippen LogP contribution in [0.2, 0.25) is 0 Å². The van der Waals surface area contributed by atoms with E-state index in [0.717, 1.165) is 17.8 Å². The Morgan fingerprint density at radius 1 is 1.23 bits per heavy atom. The number of thioether (sulfide) groups is 1. The molecule has 1 aliphatic heterocycles. The van der Waals surface area contributed by atoms with E-state index < -0.39 is 22.9 Å². The number of nitrogens with zero attached hydrogens (tertiary/aromatic N) is 1. The molecule has 154 valence electrons. The first-order valence-corrected chi connectivity index (χ1v) is 9.54. The summed E-state index contributed by atoms with van der Waals surface area (Å²) in [5, 5.41) is 2.19. The second kappa shape index (κ2) is 7.52.